The Labute approximate surface area is 106 Å². The number of nitrogens with zero attached hydrogens (tertiary/aromatic N) is 2. The molecule has 5 heteroatoms. The highest BCUT2D eigenvalue weighted by Gasteiger charge is 2.14. The second-order valence-electron chi connectivity index (χ2n) is 4.63. The number of H-pyrrole nitrogens is 1. The predicted octanol–water partition coefficient (Wildman–Crippen LogP) is 1.49. The quantitative estimate of drug-likeness (QED) is 0.761. The van der Waals surface area contributed by atoms with Gasteiger partial charge in [0.05, 0.1) is 0 Å². The molecule has 0 saturated carbocycles. The SMILES string of the molecule is c1cc(-c2cnc(NCC3CCNC3)nc2)c[nH]1. The van der Waals surface area contributed by atoms with Crippen molar-refractivity contribution in [3.63, 3.8) is 0 Å². The zero-order valence-electron chi connectivity index (χ0n) is 10.2. The second-order valence-corrected chi connectivity index (χ2v) is 4.63. The van der Waals surface area contributed by atoms with Crippen molar-refractivity contribution in [1.29, 1.82) is 0 Å². The molecule has 0 radical (unpaired) electrons. The fraction of sp³-hybridized carbons (Fsp3) is 0.385. The molecule has 94 valence electrons. The van der Waals surface area contributed by atoms with Crippen LogP contribution in [0.4, 0.5) is 5.95 Å². The fourth-order valence-corrected chi connectivity index (χ4v) is 2.20. The van der Waals surface area contributed by atoms with Crippen molar-refractivity contribution < 1.29 is 0 Å². The Kier molecular flexibility index (Phi) is 3.23. The minimum Gasteiger partial charge on any atom is -0.367 e. The molecule has 0 aromatic carbocycles. The fourth-order valence-electron chi connectivity index (χ4n) is 2.20. The third-order valence-electron chi connectivity index (χ3n) is 3.29. The number of nitrogens with one attached hydrogen (secondary N) is 3. The molecule has 5 nitrogen and oxygen atoms in total. The van der Waals surface area contributed by atoms with Gasteiger partial charge in [0.1, 0.15) is 0 Å². The number of aromatic amines is 1. The van der Waals surface area contributed by atoms with Crippen LogP contribution < -0.4 is 10.6 Å². The van der Waals surface area contributed by atoms with Crippen molar-refractivity contribution in [2.24, 2.45) is 5.92 Å². The lowest BCUT2D eigenvalue weighted by atomic mass is 10.1. The van der Waals surface area contributed by atoms with Gasteiger partial charge in [-0.15, -0.1) is 0 Å². The summed E-state index contributed by atoms with van der Waals surface area (Å²) >= 11 is 0. The van der Waals surface area contributed by atoms with Gasteiger partial charge in [-0.25, -0.2) is 9.97 Å². The van der Waals surface area contributed by atoms with Crippen molar-refractivity contribution >= 4 is 5.95 Å². The van der Waals surface area contributed by atoms with Gasteiger partial charge in [0.15, 0.2) is 0 Å². The third kappa shape index (κ3) is 2.51. The zero-order chi connectivity index (χ0) is 12.2. The molecule has 3 N–H and O–H groups in total. The smallest absolute Gasteiger partial charge is 0.222 e. The molecule has 3 heterocycles. The van der Waals surface area contributed by atoms with Gasteiger partial charge in [-0.1, -0.05) is 0 Å². The lowest BCUT2D eigenvalue weighted by Gasteiger charge is -2.09. The van der Waals surface area contributed by atoms with Crippen LogP contribution in [-0.4, -0.2) is 34.6 Å². The topological polar surface area (TPSA) is 65.6 Å². The molecule has 0 bridgehead atoms. The van der Waals surface area contributed by atoms with Gasteiger partial charge in [0.25, 0.3) is 0 Å². The van der Waals surface area contributed by atoms with Gasteiger partial charge in [0, 0.05) is 42.5 Å². The van der Waals surface area contributed by atoms with E-state index in [-0.39, 0.29) is 0 Å². The van der Waals surface area contributed by atoms with Crippen LogP contribution in [0.5, 0.6) is 0 Å². The van der Waals surface area contributed by atoms with E-state index in [1.165, 1.54) is 6.42 Å². The third-order valence-corrected chi connectivity index (χ3v) is 3.29. The summed E-state index contributed by atoms with van der Waals surface area (Å²) in [4.78, 5) is 11.7. The van der Waals surface area contributed by atoms with Crippen LogP contribution in [0.15, 0.2) is 30.9 Å². The molecule has 0 spiro atoms. The Balaban J connectivity index is 1.60. The van der Waals surface area contributed by atoms with Crippen LogP contribution in [0, 0.1) is 5.92 Å². The van der Waals surface area contributed by atoms with Crippen molar-refractivity contribution in [3.8, 4) is 11.1 Å². The van der Waals surface area contributed by atoms with E-state index < -0.39 is 0 Å². The molecule has 1 saturated heterocycles. The van der Waals surface area contributed by atoms with Crippen molar-refractivity contribution in [1.82, 2.24) is 20.3 Å². The van der Waals surface area contributed by atoms with Gasteiger partial charge in [-0.05, 0) is 31.5 Å². The average Bonchev–Trinajstić information content (AvgIpc) is 3.10. The predicted molar refractivity (Wildman–Crippen MR) is 71.3 cm³/mol. The molecule has 1 fully saturated rings. The maximum absolute atomic E-state index is 4.34. The number of hydrogen-bond acceptors (Lipinski definition) is 4. The summed E-state index contributed by atoms with van der Waals surface area (Å²) < 4.78 is 0. The molecule has 0 amide bonds. The molecule has 2 aromatic heterocycles. The highest BCUT2D eigenvalue weighted by atomic mass is 15.1. The normalized spacial score (nSPS) is 19.0. The van der Waals surface area contributed by atoms with E-state index in [0.29, 0.717) is 11.9 Å². The monoisotopic (exact) mass is 243 g/mol. The highest BCUT2D eigenvalue weighted by Crippen LogP contribution is 2.17. The standard InChI is InChI=1S/C13H17N5/c1-3-14-5-10(1)6-16-13-17-8-12(9-18-13)11-2-4-15-7-11/h2,4,7-10,14-15H,1,3,5-6H2,(H,16,17,18). The Morgan fingerprint density at radius 2 is 2.17 bits per heavy atom. The summed E-state index contributed by atoms with van der Waals surface area (Å²) in [6.45, 7) is 3.16. The molecule has 2 aromatic rings. The van der Waals surface area contributed by atoms with Crippen LogP contribution >= 0.6 is 0 Å². The van der Waals surface area contributed by atoms with E-state index in [1.807, 2.05) is 30.9 Å². The van der Waals surface area contributed by atoms with E-state index in [2.05, 4.69) is 25.6 Å². The molecule has 1 aliphatic heterocycles. The Hall–Kier alpha value is -1.88. The maximum atomic E-state index is 4.34. The van der Waals surface area contributed by atoms with E-state index >= 15 is 0 Å². The number of hydrogen-bond donors (Lipinski definition) is 3. The molecule has 3 rings (SSSR count). The average molecular weight is 243 g/mol. The van der Waals surface area contributed by atoms with Crippen molar-refractivity contribution in [2.45, 2.75) is 6.42 Å². The molecule has 1 aliphatic rings. The largest absolute Gasteiger partial charge is 0.367 e. The molecule has 1 atom stereocenters. The minimum absolute atomic E-state index is 0.693. The first kappa shape index (κ1) is 11.2. The van der Waals surface area contributed by atoms with E-state index in [4.69, 9.17) is 0 Å². The van der Waals surface area contributed by atoms with Gasteiger partial charge < -0.3 is 15.6 Å². The summed E-state index contributed by atoms with van der Waals surface area (Å²) in [5.74, 6) is 1.40. The zero-order valence-corrected chi connectivity index (χ0v) is 10.2. The molecular formula is C13H17N5. The lowest BCUT2D eigenvalue weighted by molar-refractivity contribution is 0.613. The second kappa shape index (κ2) is 5.18. The van der Waals surface area contributed by atoms with Gasteiger partial charge in [-0.3, -0.25) is 0 Å². The summed E-state index contributed by atoms with van der Waals surface area (Å²) in [5, 5.41) is 6.64. The first-order valence-electron chi connectivity index (χ1n) is 6.31. The summed E-state index contributed by atoms with van der Waals surface area (Å²) in [7, 11) is 0. The molecule has 0 aliphatic carbocycles. The molecule has 18 heavy (non-hydrogen) atoms. The minimum atomic E-state index is 0.693. The van der Waals surface area contributed by atoms with Gasteiger partial charge in [-0.2, -0.15) is 0 Å². The van der Waals surface area contributed by atoms with Gasteiger partial charge in [0.2, 0.25) is 5.95 Å². The molecular weight excluding hydrogens is 226 g/mol. The van der Waals surface area contributed by atoms with Gasteiger partial charge >= 0.3 is 0 Å². The van der Waals surface area contributed by atoms with E-state index in [9.17, 15) is 0 Å². The van der Waals surface area contributed by atoms with Crippen LogP contribution in [0.25, 0.3) is 11.1 Å². The van der Waals surface area contributed by atoms with Crippen LogP contribution in [0.2, 0.25) is 0 Å². The summed E-state index contributed by atoms with van der Waals surface area (Å²) in [6.07, 6.45) is 8.77. The van der Waals surface area contributed by atoms with E-state index in [1.54, 1.807) is 0 Å². The highest BCUT2D eigenvalue weighted by molar-refractivity contribution is 5.60. The summed E-state index contributed by atoms with van der Waals surface area (Å²) in [5.41, 5.74) is 2.14. The van der Waals surface area contributed by atoms with Crippen molar-refractivity contribution in [3.05, 3.63) is 30.9 Å². The number of aromatic nitrogens is 3. The van der Waals surface area contributed by atoms with E-state index in [0.717, 1.165) is 30.8 Å². The Morgan fingerprint density at radius 3 is 2.83 bits per heavy atom. The molecule has 1 unspecified atom stereocenters. The number of anilines is 1. The maximum Gasteiger partial charge on any atom is 0.222 e. The van der Waals surface area contributed by atoms with Crippen LogP contribution in [-0.2, 0) is 0 Å². The van der Waals surface area contributed by atoms with Crippen LogP contribution in [0.3, 0.4) is 0 Å². The lowest BCUT2D eigenvalue weighted by Crippen LogP contribution is -2.18. The number of rotatable bonds is 4. The van der Waals surface area contributed by atoms with Crippen molar-refractivity contribution in [2.75, 3.05) is 25.0 Å². The van der Waals surface area contributed by atoms with Crippen LogP contribution in [0.1, 0.15) is 6.42 Å². The first-order chi connectivity index (χ1) is 8.92. The summed E-state index contributed by atoms with van der Waals surface area (Å²) in [6, 6.07) is 2.01. The Morgan fingerprint density at radius 1 is 1.28 bits per heavy atom. The first-order valence-corrected chi connectivity index (χ1v) is 6.31. The Bertz CT molecular complexity index is 471.